The first-order chi connectivity index (χ1) is 21.9. The number of rotatable bonds is 16. The fraction of sp³-hybridized carbons (Fsp3) is 0.550. The number of unbranched alkanes of at least 4 members (excludes halogenated alkanes) is 2. The van der Waals surface area contributed by atoms with Crippen LogP contribution in [0, 0.1) is 11.8 Å². The standard InChI is InChI=1S/C34H40S4.6CH3.2Sn/c1-5-9-11-23(7-3)21-25-13-15-29(37-25)31-27-17-19-36-34(27)32(28-18-20-35-33(28)31)30-16-14-26(38-30)22-24(8-4)12-10-6-2;;;;;;;;/h13-18,23-24H,5-12,21-22H2,1-4H3;6*1H3;;/t23-,24-;;;;;;;;/m1......../s1. The van der Waals surface area contributed by atoms with Gasteiger partial charge in [-0.05, 0) is 0 Å². The molecule has 0 aliphatic heterocycles. The maximum absolute atomic E-state index is 2.68. The van der Waals surface area contributed by atoms with E-state index >= 15 is 0 Å². The van der Waals surface area contributed by atoms with Crippen molar-refractivity contribution >= 4 is 108 Å². The minimum absolute atomic E-state index is 0.808. The molecule has 5 aromatic rings. The van der Waals surface area contributed by atoms with Gasteiger partial charge in [-0.15, -0.1) is 0 Å². The van der Waals surface area contributed by atoms with E-state index < -0.39 is 36.8 Å². The van der Waals surface area contributed by atoms with Gasteiger partial charge in [-0.25, -0.2) is 0 Å². The molecule has 4 aromatic heterocycles. The van der Waals surface area contributed by atoms with E-state index in [4.69, 9.17) is 0 Å². The van der Waals surface area contributed by atoms with Crippen molar-refractivity contribution in [1.82, 2.24) is 0 Å². The van der Waals surface area contributed by atoms with Crippen LogP contribution in [0.1, 0.15) is 88.8 Å². The van der Waals surface area contributed by atoms with Crippen LogP contribution in [0.5, 0.6) is 0 Å². The van der Waals surface area contributed by atoms with Crippen molar-refractivity contribution in [1.29, 1.82) is 0 Å². The van der Waals surface area contributed by atoms with E-state index in [1.54, 1.807) is 46.8 Å². The van der Waals surface area contributed by atoms with Gasteiger partial charge in [-0.2, -0.15) is 0 Å². The summed E-state index contributed by atoms with van der Waals surface area (Å²) in [6.07, 6.45) is 13.1. The molecular weight excluding hydrogens is 846 g/mol. The summed E-state index contributed by atoms with van der Waals surface area (Å²) in [5.41, 5.74) is 3.11. The Balaban J connectivity index is 1.71. The number of thiophene rings is 4. The second-order valence-corrected chi connectivity index (χ2v) is 51.0. The molecule has 5 rings (SSSR count). The van der Waals surface area contributed by atoms with E-state index in [0.717, 1.165) is 11.8 Å². The van der Waals surface area contributed by atoms with E-state index in [1.165, 1.54) is 74.0 Å². The van der Waals surface area contributed by atoms with Crippen molar-refractivity contribution in [2.75, 3.05) is 0 Å². The molecule has 4 heterocycles. The Morgan fingerprint density at radius 3 is 1.26 bits per heavy atom. The molecule has 2 atom stereocenters. The Kier molecular flexibility index (Phi) is 13.0. The van der Waals surface area contributed by atoms with Crippen LogP contribution in [-0.2, 0) is 12.8 Å². The van der Waals surface area contributed by atoms with Crippen LogP contribution in [0.25, 0.3) is 41.1 Å². The quantitative estimate of drug-likeness (QED) is 0.0866. The molecule has 0 unspecified atom stereocenters. The summed E-state index contributed by atoms with van der Waals surface area (Å²) in [4.78, 5) is 21.8. The van der Waals surface area contributed by atoms with Crippen molar-refractivity contribution in [2.24, 2.45) is 11.8 Å². The second kappa shape index (κ2) is 16.0. The first kappa shape index (κ1) is 37.4. The first-order valence-electron chi connectivity index (χ1n) is 18.1. The predicted octanol–water partition coefficient (Wildman–Crippen LogP) is 14.2. The van der Waals surface area contributed by atoms with Crippen molar-refractivity contribution < 1.29 is 0 Å². The van der Waals surface area contributed by atoms with Gasteiger partial charge >= 0.3 is 295 Å². The zero-order chi connectivity index (χ0) is 33.2. The summed E-state index contributed by atoms with van der Waals surface area (Å²) in [6.45, 7) is 9.44. The van der Waals surface area contributed by atoms with Crippen molar-refractivity contribution in [3.63, 3.8) is 0 Å². The molecule has 0 radical (unpaired) electrons. The molecule has 0 saturated carbocycles. The molecule has 0 spiro atoms. The minimum atomic E-state index is -2.32. The molecule has 0 nitrogen and oxygen atoms in total. The number of benzene rings is 1. The zero-order valence-corrected chi connectivity index (χ0v) is 39.3. The average molecular weight is 905 g/mol. The van der Waals surface area contributed by atoms with Crippen molar-refractivity contribution in [3.05, 3.63) is 46.2 Å². The van der Waals surface area contributed by atoms with Crippen LogP contribution >= 0.6 is 45.3 Å². The van der Waals surface area contributed by atoms with E-state index in [2.05, 4.69) is 139 Å². The monoisotopic (exact) mass is 906 g/mol. The maximum atomic E-state index is 2.68. The first-order valence-corrected chi connectivity index (χ1v) is 41.3. The Bertz CT molecular complexity index is 1550. The van der Waals surface area contributed by atoms with Gasteiger partial charge in [0.25, 0.3) is 0 Å². The normalized spacial score (nSPS) is 14.1. The predicted molar refractivity (Wildman–Crippen MR) is 224 cm³/mol. The Hall–Kier alpha value is 0.137. The fourth-order valence-electron chi connectivity index (χ4n) is 6.70. The Labute approximate surface area is 305 Å². The molecule has 0 aliphatic carbocycles. The topological polar surface area (TPSA) is 0 Å². The summed E-state index contributed by atoms with van der Waals surface area (Å²) in [6, 6.07) is 15.3. The van der Waals surface area contributed by atoms with Crippen LogP contribution in [0.2, 0.25) is 29.6 Å². The van der Waals surface area contributed by atoms with Gasteiger partial charge in [0.05, 0.1) is 0 Å². The SMILES string of the molecule is CCCC[C@@H](CC)Cc1ccc(-c2c3c[c]([Sn]([CH3])([CH3])[CH3])sc3c(-c3ccc(C[C@H](CC)CCCC)s3)c3c[c]([Sn]([CH3])([CH3])[CH3])sc23)s1. The molecule has 0 amide bonds. The summed E-state index contributed by atoms with van der Waals surface area (Å²) in [5.74, 6) is 1.62. The third-order valence-corrected chi connectivity index (χ3v) is 33.2. The van der Waals surface area contributed by atoms with Gasteiger partial charge in [-0.1, -0.05) is 13.8 Å². The molecule has 46 heavy (non-hydrogen) atoms. The molecule has 0 aliphatic rings. The molecular formula is C40H58S4Sn2. The van der Waals surface area contributed by atoms with Crippen LogP contribution < -0.4 is 5.79 Å². The van der Waals surface area contributed by atoms with Crippen LogP contribution in [0.3, 0.4) is 0 Å². The Morgan fingerprint density at radius 1 is 0.543 bits per heavy atom. The van der Waals surface area contributed by atoms with Gasteiger partial charge in [0.1, 0.15) is 0 Å². The van der Waals surface area contributed by atoms with Crippen LogP contribution in [0.15, 0.2) is 36.4 Å². The average Bonchev–Trinajstić information content (AvgIpc) is 3.81. The molecule has 0 fully saturated rings. The molecule has 250 valence electrons. The van der Waals surface area contributed by atoms with E-state index in [-0.39, 0.29) is 0 Å². The molecule has 1 aromatic carbocycles. The van der Waals surface area contributed by atoms with E-state index in [0.29, 0.717) is 0 Å². The summed E-state index contributed by atoms with van der Waals surface area (Å²) < 4.78 is 6.55. The van der Waals surface area contributed by atoms with Gasteiger partial charge < -0.3 is 0 Å². The zero-order valence-electron chi connectivity index (χ0n) is 30.3. The number of hydrogen-bond acceptors (Lipinski definition) is 4. The van der Waals surface area contributed by atoms with Crippen molar-refractivity contribution in [3.8, 4) is 20.9 Å². The summed E-state index contributed by atoms with van der Waals surface area (Å²) in [5, 5.41) is 3.09. The summed E-state index contributed by atoms with van der Waals surface area (Å²) in [7, 11) is 0. The van der Waals surface area contributed by atoms with Gasteiger partial charge in [0, 0.05) is 0 Å². The summed E-state index contributed by atoms with van der Waals surface area (Å²) >= 11 is 3.88. The van der Waals surface area contributed by atoms with E-state index in [9.17, 15) is 0 Å². The molecule has 0 bridgehead atoms. The number of fused-ring (bicyclic) bond motifs is 2. The Morgan fingerprint density at radius 2 is 0.935 bits per heavy atom. The molecule has 0 N–H and O–H groups in total. The number of hydrogen-bond donors (Lipinski definition) is 0. The van der Waals surface area contributed by atoms with Gasteiger partial charge in [0.15, 0.2) is 0 Å². The third kappa shape index (κ3) is 8.53. The molecule has 0 saturated heterocycles. The van der Waals surface area contributed by atoms with Crippen molar-refractivity contribution in [2.45, 2.75) is 122 Å². The van der Waals surface area contributed by atoms with Crippen LogP contribution in [-0.4, -0.2) is 36.8 Å². The van der Waals surface area contributed by atoms with Gasteiger partial charge in [0.2, 0.25) is 0 Å². The second-order valence-electron chi connectivity index (χ2n) is 15.7. The molecule has 6 heteroatoms. The third-order valence-electron chi connectivity index (χ3n) is 9.82. The van der Waals surface area contributed by atoms with Crippen LogP contribution in [0.4, 0.5) is 0 Å². The van der Waals surface area contributed by atoms with E-state index in [1.807, 2.05) is 0 Å². The fourth-order valence-corrected chi connectivity index (χ4v) is 22.1. The van der Waals surface area contributed by atoms with Gasteiger partial charge in [-0.3, -0.25) is 0 Å².